The number of nitrogens with zero attached hydrogens (tertiary/aromatic N) is 5. The number of aryl methyl sites for hydroxylation is 2. The predicted octanol–water partition coefficient (Wildman–Crippen LogP) is 1.76. The molecule has 1 saturated heterocycles. The van der Waals surface area contributed by atoms with Gasteiger partial charge in [0, 0.05) is 49.9 Å². The third-order valence-corrected chi connectivity index (χ3v) is 5.07. The minimum Gasteiger partial charge on any atom is -0.339 e. The summed E-state index contributed by atoms with van der Waals surface area (Å²) >= 11 is 0. The zero-order chi connectivity index (χ0) is 19.9. The molecule has 0 atom stereocenters. The molecule has 3 heterocycles. The number of piperazine rings is 1. The lowest BCUT2D eigenvalue weighted by Crippen LogP contribution is -2.53. The number of carbonyl (C=O) groups is 2. The highest BCUT2D eigenvalue weighted by atomic mass is 16.2. The molecule has 8 heteroatoms. The van der Waals surface area contributed by atoms with E-state index in [-0.39, 0.29) is 11.8 Å². The summed E-state index contributed by atoms with van der Waals surface area (Å²) in [5.74, 6) is 0.0387. The van der Waals surface area contributed by atoms with Crippen molar-refractivity contribution < 1.29 is 9.59 Å². The van der Waals surface area contributed by atoms with Crippen molar-refractivity contribution in [3.8, 4) is 11.3 Å². The van der Waals surface area contributed by atoms with Crippen LogP contribution in [0.25, 0.3) is 11.3 Å². The van der Waals surface area contributed by atoms with E-state index >= 15 is 0 Å². The van der Waals surface area contributed by atoms with Crippen LogP contribution in [0.2, 0.25) is 0 Å². The van der Waals surface area contributed by atoms with Gasteiger partial charge in [0.2, 0.25) is 5.91 Å². The fourth-order valence-electron chi connectivity index (χ4n) is 3.46. The van der Waals surface area contributed by atoms with Crippen molar-refractivity contribution in [3.05, 3.63) is 23.1 Å². The number of aromatic amines is 1. The minimum atomic E-state index is -0.399. The normalized spacial score (nSPS) is 15.3. The molecule has 27 heavy (non-hydrogen) atoms. The SMILES string of the molecule is Cc1nn(C)c(C)c1-c1cc(C(=O)N2CCN(C(=O)C(C)(C)C)CC2)[nH]n1. The molecular weight excluding hydrogens is 344 g/mol. The van der Waals surface area contributed by atoms with Gasteiger partial charge in [0.25, 0.3) is 5.91 Å². The Hall–Kier alpha value is -2.64. The number of nitrogens with one attached hydrogen (secondary N) is 1. The van der Waals surface area contributed by atoms with Gasteiger partial charge in [-0.3, -0.25) is 19.4 Å². The lowest BCUT2D eigenvalue weighted by molar-refractivity contribution is -0.140. The van der Waals surface area contributed by atoms with E-state index in [9.17, 15) is 9.59 Å². The van der Waals surface area contributed by atoms with Crippen LogP contribution in [0.3, 0.4) is 0 Å². The molecule has 0 spiro atoms. The molecule has 1 aliphatic rings. The maximum atomic E-state index is 12.8. The second-order valence-corrected chi connectivity index (χ2v) is 8.17. The average molecular weight is 372 g/mol. The van der Waals surface area contributed by atoms with Crippen molar-refractivity contribution in [2.75, 3.05) is 26.2 Å². The molecule has 0 radical (unpaired) electrons. The molecule has 0 saturated carbocycles. The summed E-state index contributed by atoms with van der Waals surface area (Å²) < 4.78 is 1.81. The van der Waals surface area contributed by atoms with Crippen LogP contribution in [0.4, 0.5) is 0 Å². The van der Waals surface area contributed by atoms with Crippen molar-refractivity contribution in [1.29, 1.82) is 0 Å². The first-order chi connectivity index (χ1) is 12.6. The molecular formula is C19H28N6O2. The van der Waals surface area contributed by atoms with E-state index in [4.69, 9.17) is 0 Å². The Labute approximate surface area is 159 Å². The first-order valence-electron chi connectivity index (χ1n) is 9.24. The van der Waals surface area contributed by atoms with Gasteiger partial charge in [-0.1, -0.05) is 20.8 Å². The van der Waals surface area contributed by atoms with Crippen molar-refractivity contribution in [1.82, 2.24) is 29.8 Å². The maximum absolute atomic E-state index is 12.8. The van der Waals surface area contributed by atoms with E-state index in [1.165, 1.54) is 0 Å². The summed E-state index contributed by atoms with van der Waals surface area (Å²) in [7, 11) is 1.89. The van der Waals surface area contributed by atoms with Crippen molar-refractivity contribution in [2.24, 2.45) is 12.5 Å². The Morgan fingerprint density at radius 2 is 1.67 bits per heavy atom. The van der Waals surface area contributed by atoms with Gasteiger partial charge in [-0.05, 0) is 19.9 Å². The van der Waals surface area contributed by atoms with Gasteiger partial charge in [0.15, 0.2) is 0 Å². The van der Waals surface area contributed by atoms with E-state index in [1.807, 2.05) is 51.2 Å². The summed E-state index contributed by atoms with van der Waals surface area (Å²) in [5, 5.41) is 11.6. The second kappa shape index (κ2) is 6.83. The Morgan fingerprint density at radius 1 is 1.07 bits per heavy atom. The highest BCUT2D eigenvalue weighted by Gasteiger charge is 2.31. The number of carbonyl (C=O) groups excluding carboxylic acids is 2. The minimum absolute atomic E-state index is 0.0872. The topological polar surface area (TPSA) is 87.1 Å². The van der Waals surface area contributed by atoms with Crippen LogP contribution in [-0.4, -0.2) is 67.8 Å². The third-order valence-electron chi connectivity index (χ3n) is 5.07. The average Bonchev–Trinajstić information content (AvgIpc) is 3.18. The number of aromatic nitrogens is 4. The molecule has 0 aromatic carbocycles. The monoisotopic (exact) mass is 372 g/mol. The van der Waals surface area contributed by atoms with E-state index in [1.54, 1.807) is 11.0 Å². The van der Waals surface area contributed by atoms with Gasteiger partial charge in [0.05, 0.1) is 11.4 Å². The predicted molar refractivity (Wildman–Crippen MR) is 102 cm³/mol. The van der Waals surface area contributed by atoms with Crippen LogP contribution in [0, 0.1) is 19.3 Å². The molecule has 0 aliphatic carbocycles. The van der Waals surface area contributed by atoms with Gasteiger partial charge in [-0.2, -0.15) is 10.2 Å². The molecule has 0 unspecified atom stereocenters. The van der Waals surface area contributed by atoms with Crippen LogP contribution in [-0.2, 0) is 11.8 Å². The van der Waals surface area contributed by atoms with E-state index in [2.05, 4.69) is 15.3 Å². The number of H-pyrrole nitrogens is 1. The van der Waals surface area contributed by atoms with Gasteiger partial charge in [0.1, 0.15) is 5.69 Å². The largest absolute Gasteiger partial charge is 0.339 e. The van der Waals surface area contributed by atoms with Crippen LogP contribution in [0.5, 0.6) is 0 Å². The number of hydrogen-bond acceptors (Lipinski definition) is 4. The maximum Gasteiger partial charge on any atom is 0.272 e. The lowest BCUT2D eigenvalue weighted by atomic mass is 9.94. The molecule has 2 aromatic heterocycles. The van der Waals surface area contributed by atoms with Crippen LogP contribution < -0.4 is 0 Å². The van der Waals surface area contributed by atoms with Gasteiger partial charge in [-0.25, -0.2) is 0 Å². The number of rotatable bonds is 2. The fraction of sp³-hybridized carbons (Fsp3) is 0.579. The number of amides is 2. The standard InChI is InChI=1S/C19H28N6O2/c1-12-16(13(2)23(6)22-12)14-11-15(21-20-14)17(26)24-7-9-25(10-8-24)18(27)19(3,4)5/h11H,7-10H2,1-6H3,(H,20,21). The van der Waals surface area contributed by atoms with Crippen LogP contribution in [0.1, 0.15) is 42.6 Å². The van der Waals surface area contributed by atoms with E-state index < -0.39 is 5.41 Å². The highest BCUT2D eigenvalue weighted by molar-refractivity contribution is 5.93. The molecule has 1 aliphatic heterocycles. The van der Waals surface area contributed by atoms with Crippen LogP contribution in [0.15, 0.2) is 6.07 Å². The number of hydrogen-bond donors (Lipinski definition) is 1. The molecule has 2 aromatic rings. The second-order valence-electron chi connectivity index (χ2n) is 8.17. The summed E-state index contributed by atoms with van der Waals surface area (Å²) in [6, 6.07) is 1.78. The zero-order valence-electron chi connectivity index (χ0n) is 17.0. The van der Waals surface area contributed by atoms with Gasteiger partial charge >= 0.3 is 0 Å². The molecule has 0 bridgehead atoms. The molecule has 2 amide bonds. The zero-order valence-corrected chi connectivity index (χ0v) is 17.0. The Kier molecular flexibility index (Phi) is 4.84. The smallest absolute Gasteiger partial charge is 0.272 e. The van der Waals surface area contributed by atoms with Crippen molar-refractivity contribution in [3.63, 3.8) is 0 Å². The quantitative estimate of drug-likeness (QED) is 0.870. The summed E-state index contributed by atoms with van der Waals surface area (Å²) in [6.07, 6.45) is 0. The first-order valence-corrected chi connectivity index (χ1v) is 9.24. The molecule has 3 rings (SSSR count). The highest BCUT2D eigenvalue weighted by Crippen LogP contribution is 2.25. The van der Waals surface area contributed by atoms with Gasteiger partial charge in [-0.15, -0.1) is 0 Å². The van der Waals surface area contributed by atoms with Gasteiger partial charge < -0.3 is 9.80 Å². The summed E-state index contributed by atoms with van der Waals surface area (Å²) in [6.45, 7) is 11.8. The first kappa shape index (κ1) is 19.1. The Balaban J connectivity index is 1.70. The fourth-order valence-corrected chi connectivity index (χ4v) is 3.46. The molecule has 1 fully saturated rings. The molecule has 146 valence electrons. The van der Waals surface area contributed by atoms with Crippen LogP contribution >= 0.6 is 0 Å². The Morgan fingerprint density at radius 3 is 2.19 bits per heavy atom. The van der Waals surface area contributed by atoms with E-state index in [0.29, 0.717) is 31.9 Å². The molecule has 1 N–H and O–H groups in total. The van der Waals surface area contributed by atoms with Crippen molar-refractivity contribution in [2.45, 2.75) is 34.6 Å². The van der Waals surface area contributed by atoms with E-state index in [0.717, 1.165) is 22.6 Å². The molecule has 8 nitrogen and oxygen atoms in total. The summed E-state index contributed by atoms with van der Waals surface area (Å²) in [5.41, 5.74) is 3.63. The third kappa shape index (κ3) is 3.61. The van der Waals surface area contributed by atoms with Crippen molar-refractivity contribution >= 4 is 11.8 Å². The lowest BCUT2D eigenvalue weighted by Gasteiger charge is -2.37. The Bertz CT molecular complexity index is 865. The summed E-state index contributed by atoms with van der Waals surface area (Å²) in [4.78, 5) is 28.8.